The number of hydrogen-bond acceptors (Lipinski definition) is 3. The second kappa shape index (κ2) is 5.62. The third kappa shape index (κ3) is 2.66. The lowest BCUT2D eigenvalue weighted by molar-refractivity contribution is -0.140. The van der Waals surface area contributed by atoms with Gasteiger partial charge in [0, 0.05) is 17.5 Å². The molecule has 3 rings (SSSR count). The predicted molar refractivity (Wildman–Crippen MR) is 83.2 cm³/mol. The van der Waals surface area contributed by atoms with Gasteiger partial charge in [-0.1, -0.05) is 24.3 Å². The fraction of sp³-hybridized carbons (Fsp3) is 0.294. The lowest BCUT2D eigenvalue weighted by atomic mass is 9.91. The van der Waals surface area contributed by atoms with Gasteiger partial charge < -0.3 is 15.7 Å². The van der Waals surface area contributed by atoms with Gasteiger partial charge >= 0.3 is 0 Å². The molecular weight excluding hydrogens is 299 g/mol. The van der Waals surface area contributed by atoms with E-state index in [0.29, 0.717) is 29.3 Å². The van der Waals surface area contributed by atoms with E-state index in [9.17, 15) is 19.1 Å². The molecule has 1 heterocycles. The normalized spacial score (nSPS) is 21.4. The molecule has 1 aliphatic heterocycles. The minimum Gasteiger partial charge on any atom is -0.378 e. The van der Waals surface area contributed by atoms with Crippen molar-refractivity contribution < 1.29 is 19.1 Å². The number of β-amino-alcohol motifs (C(OH)–C–C–N with tert-alkyl or cyclic N) is 1. The Balaban J connectivity index is 1.98. The summed E-state index contributed by atoms with van der Waals surface area (Å²) in [5.74, 6) is -1.58. The number of primary amides is 1. The molecule has 0 bridgehead atoms. The first-order valence-electron chi connectivity index (χ1n) is 7.41. The molecule has 2 amide bonds. The van der Waals surface area contributed by atoms with Gasteiger partial charge in [0.2, 0.25) is 0 Å². The van der Waals surface area contributed by atoms with Crippen LogP contribution >= 0.6 is 0 Å². The first kappa shape index (κ1) is 15.4. The maximum atomic E-state index is 13.9. The van der Waals surface area contributed by atoms with E-state index in [1.54, 1.807) is 24.3 Å². The third-order valence-electron chi connectivity index (χ3n) is 4.32. The molecule has 0 radical (unpaired) electrons. The Morgan fingerprint density at radius 2 is 1.87 bits per heavy atom. The van der Waals surface area contributed by atoms with Gasteiger partial charge in [0.15, 0.2) is 5.60 Å². The van der Waals surface area contributed by atoms with Crippen LogP contribution < -0.4 is 5.73 Å². The van der Waals surface area contributed by atoms with Gasteiger partial charge in [0.05, 0.1) is 6.54 Å². The molecule has 0 aromatic heterocycles. The number of fused-ring (bicyclic) bond motifs is 1. The van der Waals surface area contributed by atoms with Crippen molar-refractivity contribution in [2.75, 3.05) is 13.1 Å². The van der Waals surface area contributed by atoms with E-state index in [1.165, 1.54) is 17.0 Å². The highest BCUT2D eigenvalue weighted by Crippen LogP contribution is 2.26. The van der Waals surface area contributed by atoms with Crippen molar-refractivity contribution in [2.24, 2.45) is 5.73 Å². The number of halogens is 1. The lowest BCUT2D eigenvalue weighted by Gasteiger charge is -2.37. The highest BCUT2D eigenvalue weighted by Gasteiger charge is 2.40. The van der Waals surface area contributed by atoms with E-state index >= 15 is 0 Å². The van der Waals surface area contributed by atoms with E-state index < -0.39 is 17.3 Å². The van der Waals surface area contributed by atoms with Gasteiger partial charge in [-0.2, -0.15) is 0 Å². The number of hydrogen-bond donors (Lipinski definition) is 2. The van der Waals surface area contributed by atoms with Crippen molar-refractivity contribution in [3.63, 3.8) is 0 Å². The number of piperidine rings is 1. The summed E-state index contributed by atoms with van der Waals surface area (Å²) in [6.45, 7) is 0.271. The lowest BCUT2D eigenvalue weighted by Crippen LogP contribution is -2.57. The molecule has 1 aliphatic rings. The summed E-state index contributed by atoms with van der Waals surface area (Å²) in [4.78, 5) is 25.6. The molecule has 120 valence electrons. The van der Waals surface area contributed by atoms with Crippen LogP contribution in [-0.4, -0.2) is 40.5 Å². The number of aliphatic hydroxyl groups is 1. The maximum absolute atomic E-state index is 13.9. The summed E-state index contributed by atoms with van der Waals surface area (Å²) in [6.07, 6.45) is 0.709. The topological polar surface area (TPSA) is 83.6 Å². The second-order valence-electron chi connectivity index (χ2n) is 5.87. The van der Waals surface area contributed by atoms with Crippen LogP contribution in [0.25, 0.3) is 10.8 Å². The summed E-state index contributed by atoms with van der Waals surface area (Å²) < 4.78 is 13.9. The maximum Gasteiger partial charge on any atom is 0.254 e. The second-order valence-corrected chi connectivity index (χ2v) is 5.87. The summed E-state index contributed by atoms with van der Waals surface area (Å²) >= 11 is 0. The van der Waals surface area contributed by atoms with Crippen molar-refractivity contribution in [3.8, 4) is 0 Å². The first-order valence-corrected chi connectivity index (χ1v) is 7.41. The Labute approximate surface area is 132 Å². The molecule has 3 N–H and O–H groups in total. The zero-order chi connectivity index (χ0) is 16.6. The molecule has 0 spiro atoms. The van der Waals surface area contributed by atoms with Gasteiger partial charge in [0.25, 0.3) is 11.8 Å². The molecule has 5 nitrogen and oxygen atoms in total. The minimum atomic E-state index is -1.70. The van der Waals surface area contributed by atoms with Gasteiger partial charge in [-0.25, -0.2) is 4.39 Å². The van der Waals surface area contributed by atoms with Crippen LogP contribution in [0.3, 0.4) is 0 Å². The fourth-order valence-corrected chi connectivity index (χ4v) is 3.03. The van der Waals surface area contributed by atoms with Crippen molar-refractivity contribution in [1.82, 2.24) is 4.90 Å². The van der Waals surface area contributed by atoms with Crippen molar-refractivity contribution in [1.29, 1.82) is 0 Å². The fourth-order valence-electron chi connectivity index (χ4n) is 3.03. The van der Waals surface area contributed by atoms with Crippen LogP contribution in [0.5, 0.6) is 0 Å². The summed E-state index contributed by atoms with van der Waals surface area (Å²) in [7, 11) is 0. The number of carbonyl (C=O) groups is 2. The Morgan fingerprint density at radius 1 is 1.17 bits per heavy atom. The third-order valence-corrected chi connectivity index (χ3v) is 4.32. The van der Waals surface area contributed by atoms with E-state index in [4.69, 9.17) is 5.73 Å². The number of nitrogens with two attached hydrogens (primary N) is 1. The number of benzene rings is 2. The van der Waals surface area contributed by atoms with E-state index in [1.807, 2.05) is 0 Å². The largest absolute Gasteiger partial charge is 0.378 e. The number of carbonyl (C=O) groups excluding carboxylic acids is 2. The Bertz CT molecular complexity index is 793. The Morgan fingerprint density at radius 3 is 2.57 bits per heavy atom. The van der Waals surface area contributed by atoms with Crippen molar-refractivity contribution >= 4 is 22.6 Å². The average Bonchev–Trinajstić information content (AvgIpc) is 2.55. The number of rotatable bonds is 2. The van der Waals surface area contributed by atoms with Crippen LogP contribution in [0, 0.1) is 5.82 Å². The van der Waals surface area contributed by atoms with E-state index in [2.05, 4.69) is 0 Å². The number of amides is 2. The van der Waals surface area contributed by atoms with Crippen LogP contribution in [-0.2, 0) is 4.79 Å². The summed E-state index contributed by atoms with van der Waals surface area (Å²) in [5, 5.41) is 11.1. The summed E-state index contributed by atoms with van der Waals surface area (Å²) in [6, 6.07) is 9.39. The molecule has 23 heavy (non-hydrogen) atoms. The number of nitrogens with zero attached hydrogens (tertiary/aromatic N) is 1. The van der Waals surface area contributed by atoms with Crippen molar-refractivity contribution in [3.05, 3.63) is 47.8 Å². The van der Waals surface area contributed by atoms with Crippen LogP contribution in [0.4, 0.5) is 4.39 Å². The van der Waals surface area contributed by atoms with Crippen LogP contribution in [0.1, 0.15) is 23.2 Å². The van der Waals surface area contributed by atoms with Crippen LogP contribution in [0.2, 0.25) is 0 Å². The standard InChI is InChI=1S/C17H17FN2O3/c18-14-7-6-13(11-4-1-2-5-12(11)14)15(21)20-9-3-8-17(23,10-20)16(19)22/h1-2,4-7,23H,3,8-10H2,(H2,19,22)/t17-/m1/s1. The molecule has 0 saturated carbocycles. The zero-order valence-electron chi connectivity index (χ0n) is 12.5. The smallest absolute Gasteiger partial charge is 0.254 e. The predicted octanol–water partition coefficient (Wildman–Crippen LogP) is 1.43. The first-order chi connectivity index (χ1) is 10.9. The van der Waals surface area contributed by atoms with Gasteiger partial charge in [0.1, 0.15) is 5.82 Å². The van der Waals surface area contributed by atoms with Gasteiger partial charge in [-0.05, 0) is 30.4 Å². The van der Waals surface area contributed by atoms with E-state index in [0.717, 1.165) is 0 Å². The molecule has 1 saturated heterocycles. The van der Waals surface area contributed by atoms with Gasteiger partial charge in [-0.15, -0.1) is 0 Å². The molecule has 0 unspecified atom stereocenters. The highest BCUT2D eigenvalue weighted by molar-refractivity contribution is 6.07. The molecule has 0 aliphatic carbocycles. The SMILES string of the molecule is NC(=O)[C@@]1(O)CCCN(C(=O)c2ccc(F)c3ccccc23)C1. The van der Waals surface area contributed by atoms with Gasteiger partial charge in [-0.3, -0.25) is 9.59 Å². The highest BCUT2D eigenvalue weighted by atomic mass is 19.1. The Hall–Kier alpha value is -2.47. The summed E-state index contributed by atoms with van der Waals surface area (Å²) in [5.41, 5.74) is 3.88. The quantitative estimate of drug-likeness (QED) is 0.879. The zero-order valence-corrected chi connectivity index (χ0v) is 12.5. The van der Waals surface area contributed by atoms with Crippen LogP contribution in [0.15, 0.2) is 36.4 Å². The average molecular weight is 316 g/mol. The minimum absolute atomic E-state index is 0.146. The molecule has 6 heteroatoms. The van der Waals surface area contributed by atoms with Crippen molar-refractivity contribution in [2.45, 2.75) is 18.4 Å². The molecule has 1 atom stereocenters. The molecule has 2 aromatic carbocycles. The van der Waals surface area contributed by atoms with E-state index in [-0.39, 0.29) is 18.9 Å². The Kier molecular flexibility index (Phi) is 3.77. The number of likely N-dealkylation sites (tertiary alicyclic amines) is 1. The monoisotopic (exact) mass is 316 g/mol. The molecule has 2 aromatic rings. The molecule has 1 fully saturated rings. The molecular formula is C17H17FN2O3.